The highest BCUT2D eigenvalue weighted by Crippen LogP contribution is 2.34. The fourth-order valence-electron chi connectivity index (χ4n) is 1.94. The van der Waals surface area contributed by atoms with Gasteiger partial charge in [0.15, 0.2) is 6.29 Å². The molecule has 1 aliphatic rings. The third kappa shape index (κ3) is 2.19. The van der Waals surface area contributed by atoms with Crippen LogP contribution in [0.5, 0.6) is 5.75 Å². The van der Waals surface area contributed by atoms with Gasteiger partial charge in [-0.15, -0.1) is 0 Å². The number of ether oxygens (including phenoxy) is 2. The highest BCUT2D eigenvalue weighted by Gasteiger charge is 2.26. The molecule has 0 saturated carbocycles. The van der Waals surface area contributed by atoms with Crippen molar-refractivity contribution in [1.82, 2.24) is 0 Å². The Morgan fingerprint density at radius 2 is 2.28 bits per heavy atom. The van der Waals surface area contributed by atoms with Gasteiger partial charge in [0.2, 0.25) is 5.91 Å². The van der Waals surface area contributed by atoms with Gasteiger partial charge in [-0.25, -0.2) is 0 Å². The third-order valence-electron chi connectivity index (χ3n) is 3.09. The van der Waals surface area contributed by atoms with Crippen molar-refractivity contribution >= 4 is 11.6 Å². The lowest BCUT2D eigenvalue weighted by atomic mass is 10.1. The van der Waals surface area contributed by atoms with Crippen LogP contribution in [-0.2, 0) is 9.53 Å². The molecule has 0 radical (unpaired) electrons. The molecule has 1 aromatic carbocycles. The van der Waals surface area contributed by atoms with Gasteiger partial charge >= 0.3 is 0 Å². The molecule has 0 spiro atoms. The monoisotopic (exact) mass is 251 g/mol. The molecule has 2 atom stereocenters. The molecule has 1 unspecified atom stereocenters. The quantitative estimate of drug-likeness (QED) is 0.805. The molecule has 0 fully saturated rings. The molecule has 98 valence electrons. The van der Waals surface area contributed by atoms with E-state index in [4.69, 9.17) is 9.47 Å². The van der Waals surface area contributed by atoms with Gasteiger partial charge in [-0.2, -0.15) is 0 Å². The predicted octanol–water partition coefficient (Wildman–Crippen LogP) is 1.32. The number of fused-ring (bicyclic) bond motifs is 1. The summed E-state index contributed by atoms with van der Waals surface area (Å²) in [5, 5.41) is 9.64. The molecule has 1 aromatic rings. The summed E-state index contributed by atoms with van der Waals surface area (Å²) in [7, 11) is 3.12. The van der Waals surface area contributed by atoms with Gasteiger partial charge in [0.1, 0.15) is 5.75 Å². The lowest BCUT2D eigenvalue weighted by Crippen LogP contribution is -2.31. The second-order valence-corrected chi connectivity index (χ2v) is 4.42. The average molecular weight is 251 g/mol. The van der Waals surface area contributed by atoms with Crippen LogP contribution in [0.2, 0.25) is 0 Å². The van der Waals surface area contributed by atoms with Crippen LogP contribution in [0.15, 0.2) is 18.2 Å². The maximum absolute atomic E-state index is 12.0. The number of anilines is 1. The zero-order chi connectivity index (χ0) is 13.3. The van der Waals surface area contributed by atoms with Crippen LogP contribution in [-0.4, -0.2) is 31.8 Å². The number of aliphatic hydroxyl groups is 1. The van der Waals surface area contributed by atoms with Crippen molar-refractivity contribution in [1.29, 1.82) is 0 Å². The van der Waals surface area contributed by atoms with Crippen molar-refractivity contribution in [2.24, 2.45) is 5.92 Å². The second kappa shape index (κ2) is 4.96. The number of hydrogen-bond donors (Lipinski definition) is 1. The van der Waals surface area contributed by atoms with Gasteiger partial charge < -0.3 is 19.5 Å². The maximum atomic E-state index is 12.0. The molecule has 0 aliphatic carbocycles. The standard InChI is InChI=1S/C13H17NO4/c1-8-7-18-11-5-4-9(13(16)17-3)6-10(11)14(2)12(8)15/h4-6,8,13,16H,7H2,1-3H3/t8-,13?/m0/s1. The summed E-state index contributed by atoms with van der Waals surface area (Å²) in [5.41, 5.74) is 1.24. The van der Waals surface area contributed by atoms with Crippen LogP contribution in [0, 0.1) is 5.92 Å². The summed E-state index contributed by atoms with van der Waals surface area (Å²) < 4.78 is 10.4. The van der Waals surface area contributed by atoms with Gasteiger partial charge in [-0.05, 0) is 12.1 Å². The van der Waals surface area contributed by atoms with Crippen LogP contribution in [0.25, 0.3) is 0 Å². The van der Waals surface area contributed by atoms with Gasteiger partial charge in [0, 0.05) is 19.7 Å². The first-order valence-corrected chi connectivity index (χ1v) is 5.79. The summed E-state index contributed by atoms with van der Waals surface area (Å²) in [5.74, 6) is 0.457. The fourth-order valence-corrected chi connectivity index (χ4v) is 1.94. The number of rotatable bonds is 2. The molecule has 0 saturated heterocycles. The van der Waals surface area contributed by atoms with Crippen molar-refractivity contribution in [3.05, 3.63) is 23.8 Å². The molecule has 1 N–H and O–H groups in total. The fraction of sp³-hybridized carbons (Fsp3) is 0.462. The number of carbonyl (C=O) groups excluding carboxylic acids is 1. The lowest BCUT2D eigenvalue weighted by Gasteiger charge is -2.19. The van der Waals surface area contributed by atoms with E-state index in [9.17, 15) is 9.90 Å². The first kappa shape index (κ1) is 12.9. The maximum Gasteiger partial charge on any atom is 0.233 e. The zero-order valence-electron chi connectivity index (χ0n) is 10.7. The largest absolute Gasteiger partial charge is 0.491 e. The van der Waals surface area contributed by atoms with Crippen LogP contribution >= 0.6 is 0 Å². The zero-order valence-corrected chi connectivity index (χ0v) is 10.7. The summed E-state index contributed by atoms with van der Waals surface area (Å²) in [6.07, 6.45) is -1.00. The Kier molecular flexibility index (Phi) is 3.54. The first-order chi connectivity index (χ1) is 8.54. The molecule has 5 nitrogen and oxygen atoms in total. The minimum Gasteiger partial charge on any atom is -0.491 e. The minimum atomic E-state index is -1.00. The van der Waals surface area contributed by atoms with Gasteiger partial charge in [-0.1, -0.05) is 13.0 Å². The highest BCUT2D eigenvalue weighted by molar-refractivity contribution is 5.96. The summed E-state index contributed by atoms with van der Waals surface area (Å²) >= 11 is 0. The molecule has 1 amide bonds. The number of nitrogens with zero attached hydrogens (tertiary/aromatic N) is 1. The summed E-state index contributed by atoms with van der Waals surface area (Å²) in [6, 6.07) is 5.18. The van der Waals surface area contributed by atoms with Gasteiger partial charge in [-0.3, -0.25) is 4.79 Å². The van der Waals surface area contributed by atoms with Crippen LogP contribution < -0.4 is 9.64 Å². The van der Waals surface area contributed by atoms with Crippen LogP contribution in [0.4, 0.5) is 5.69 Å². The van der Waals surface area contributed by atoms with E-state index in [1.807, 2.05) is 6.92 Å². The van der Waals surface area contributed by atoms with E-state index >= 15 is 0 Å². The van der Waals surface area contributed by atoms with Gasteiger partial charge in [0.05, 0.1) is 18.2 Å². The molecule has 18 heavy (non-hydrogen) atoms. The molecule has 5 heteroatoms. The summed E-state index contributed by atoms with van der Waals surface area (Å²) in [6.45, 7) is 2.19. The Hall–Kier alpha value is -1.59. The number of carbonyl (C=O) groups is 1. The second-order valence-electron chi connectivity index (χ2n) is 4.42. The first-order valence-electron chi connectivity index (χ1n) is 5.79. The number of benzene rings is 1. The lowest BCUT2D eigenvalue weighted by molar-refractivity contribution is -0.122. The molecule has 1 aliphatic heterocycles. The Morgan fingerprint density at radius 3 is 2.94 bits per heavy atom. The smallest absolute Gasteiger partial charge is 0.233 e. The van der Waals surface area contributed by atoms with E-state index in [0.717, 1.165) is 0 Å². The third-order valence-corrected chi connectivity index (χ3v) is 3.09. The van der Waals surface area contributed by atoms with E-state index in [-0.39, 0.29) is 11.8 Å². The Labute approximate surface area is 106 Å². The van der Waals surface area contributed by atoms with E-state index in [0.29, 0.717) is 23.6 Å². The number of hydrogen-bond acceptors (Lipinski definition) is 4. The van der Waals surface area contributed by atoms with Crippen molar-refractivity contribution in [3.8, 4) is 5.75 Å². The van der Waals surface area contributed by atoms with Crippen LogP contribution in [0.3, 0.4) is 0 Å². The average Bonchev–Trinajstić information content (AvgIpc) is 2.50. The predicted molar refractivity (Wildman–Crippen MR) is 66.5 cm³/mol. The molecule has 2 rings (SSSR count). The molecular weight excluding hydrogens is 234 g/mol. The molecule has 1 heterocycles. The topological polar surface area (TPSA) is 59.0 Å². The van der Waals surface area contributed by atoms with E-state index in [1.165, 1.54) is 7.11 Å². The van der Waals surface area contributed by atoms with E-state index in [2.05, 4.69) is 0 Å². The highest BCUT2D eigenvalue weighted by atomic mass is 16.6. The number of aliphatic hydroxyl groups excluding tert-OH is 1. The Balaban J connectivity index is 2.42. The number of methoxy groups -OCH3 is 1. The van der Waals surface area contributed by atoms with E-state index in [1.54, 1.807) is 30.1 Å². The normalized spacial score (nSPS) is 21.0. The van der Waals surface area contributed by atoms with Crippen molar-refractivity contribution in [3.63, 3.8) is 0 Å². The molecular formula is C13H17NO4. The van der Waals surface area contributed by atoms with Gasteiger partial charge in [0.25, 0.3) is 0 Å². The van der Waals surface area contributed by atoms with Crippen molar-refractivity contribution in [2.75, 3.05) is 25.7 Å². The Morgan fingerprint density at radius 1 is 1.56 bits per heavy atom. The number of amides is 1. The van der Waals surface area contributed by atoms with Crippen molar-refractivity contribution < 1.29 is 19.4 Å². The minimum absolute atomic E-state index is 0.00203. The Bertz CT molecular complexity index is 460. The van der Waals surface area contributed by atoms with Crippen molar-refractivity contribution in [2.45, 2.75) is 13.2 Å². The van der Waals surface area contributed by atoms with E-state index < -0.39 is 6.29 Å². The molecule has 0 bridgehead atoms. The summed E-state index contributed by atoms with van der Waals surface area (Å²) in [4.78, 5) is 13.6. The molecule has 0 aromatic heterocycles. The van der Waals surface area contributed by atoms with Crippen LogP contribution in [0.1, 0.15) is 18.8 Å². The SMILES string of the molecule is COC(O)c1ccc2c(c1)N(C)C(=O)[C@@H](C)CO2.